The monoisotopic (exact) mass is 307 g/mol. The van der Waals surface area contributed by atoms with Crippen molar-refractivity contribution in [3.8, 4) is 0 Å². The molecule has 0 bridgehead atoms. The zero-order chi connectivity index (χ0) is 15.3. The van der Waals surface area contributed by atoms with Crippen molar-refractivity contribution >= 4 is 11.8 Å². The summed E-state index contributed by atoms with van der Waals surface area (Å²) in [6.45, 7) is 4.73. The maximum Gasteiger partial charge on any atom is 0.0615 e. The smallest absolute Gasteiger partial charge is 0.0615 e. The molecule has 0 radical (unpaired) electrons. The summed E-state index contributed by atoms with van der Waals surface area (Å²) in [5.41, 5.74) is 1.38. The number of rotatable bonds is 7. The van der Waals surface area contributed by atoms with Gasteiger partial charge in [0.1, 0.15) is 0 Å². The molecule has 1 aromatic rings. The molecule has 1 aliphatic rings. The Kier molecular flexibility index (Phi) is 6.15. The summed E-state index contributed by atoms with van der Waals surface area (Å²) in [6, 6.07) is 8.97. The molecule has 0 spiro atoms. The zero-order valence-electron chi connectivity index (χ0n) is 13.6. The topological polar surface area (TPSA) is 32.3 Å². The number of nitrogens with one attached hydrogen (secondary N) is 1. The third kappa shape index (κ3) is 4.02. The van der Waals surface area contributed by atoms with Crippen LogP contribution in [-0.2, 0) is 0 Å². The fraction of sp³-hybridized carbons (Fsp3) is 0.667. The first-order valence-corrected chi connectivity index (χ1v) is 9.12. The molecule has 1 aromatic carbocycles. The van der Waals surface area contributed by atoms with E-state index in [0.29, 0.717) is 11.8 Å². The first-order valence-electron chi connectivity index (χ1n) is 8.14. The first-order chi connectivity index (χ1) is 10.1. The van der Waals surface area contributed by atoms with Crippen LogP contribution in [0.2, 0.25) is 0 Å². The van der Waals surface area contributed by atoms with Gasteiger partial charge in [0.2, 0.25) is 0 Å². The highest BCUT2D eigenvalue weighted by molar-refractivity contribution is 7.99. The van der Waals surface area contributed by atoms with Crippen molar-refractivity contribution in [3.63, 3.8) is 0 Å². The fourth-order valence-corrected chi connectivity index (χ4v) is 4.42. The number of likely N-dealkylation sites (N-methyl/N-ethyl adjacent to an activating group) is 1. The average Bonchev–Trinajstić information content (AvgIpc) is 2.91. The Morgan fingerprint density at radius 2 is 2.05 bits per heavy atom. The molecule has 0 heterocycles. The molecule has 118 valence electrons. The molecule has 1 fully saturated rings. The van der Waals surface area contributed by atoms with E-state index in [1.165, 1.54) is 29.7 Å². The molecule has 1 aliphatic carbocycles. The Hall–Kier alpha value is -0.510. The van der Waals surface area contributed by atoms with E-state index in [-0.39, 0.29) is 12.1 Å². The van der Waals surface area contributed by atoms with Crippen LogP contribution in [0.5, 0.6) is 0 Å². The van der Waals surface area contributed by atoms with Crippen LogP contribution in [0, 0.1) is 5.92 Å². The summed E-state index contributed by atoms with van der Waals surface area (Å²) >= 11 is 1.94. The Morgan fingerprint density at radius 1 is 1.33 bits per heavy atom. The number of thioether (sulfide) groups is 1. The van der Waals surface area contributed by atoms with Gasteiger partial charge in [0, 0.05) is 10.4 Å². The Balaban J connectivity index is 1.84. The van der Waals surface area contributed by atoms with E-state index < -0.39 is 0 Å². The van der Waals surface area contributed by atoms with Gasteiger partial charge in [-0.1, -0.05) is 32.4 Å². The molecule has 3 heteroatoms. The van der Waals surface area contributed by atoms with E-state index in [1.807, 2.05) is 18.8 Å². The number of aliphatic hydroxyl groups is 1. The highest BCUT2D eigenvalue weighted by atomic mass is 32.2. The van der Waals surface area contributed by atoms with Gasteiger partial charge in [0.05, 0.1) is 6.61 Å². The number of benzene rings is 1. The van der Waals surface area contributed by atoms with Gasteiger partial charge in [-0.15, -0.1) is 11.8 Å². The van der Waals surface area contributed by atoms with E-state index in [1.54, 1.807) is 0 Å². The predicted octanol–water partition coefficient (Wildman–Crippen LogP) is 4.04. The lowest BCUT2D eigenvalue weighted by Gasteiger charge is -2.33. The third-order valence-electron chi connectivity index (χ3n) is 5.02. The first kappa shape index (κ1) is 16.9. The van der Waals surface area contributed by atoms with Crippen LogP contribution < -0.4 is 5.32 Å². The van der Waals surface area contributed by atoms with E-state index >= 15 is 0 Å². The quantitative estimate of drug-likeness (QED) is 0.746. The largest absolute Gasteiger partial charge is 0.394 e. The zero-order valence-corrected chi connectivity index (χ0v) is 14.4. The SMILES string of the molecule is CNC1(CO)CCCC1CCSc1ccc(C(C)C)cc1. The van der Waals surface area contributed by atoms with Gasteiger partial charge < -0.3 is 10.4 Å². The molecule has 21 heavy (non-hydrogen) atoms. The highest BCUT2D eigenvalue weighted by Gasteiger charge is 2.40. The summed E-state index contributed by atoms with van der Waals surface area (Å²) in [7, 11) is 1.99. The molecule has 2 nitrogen and oxygen atoms in total. The predicted molar refractivity (Wildman–Crippen MR) is 92.1 cm³/mol. The minimum absolute atomic E-state index is 0.0257. The molecular formula is C18H29NOS. The van der Waals surface area contributed by atoms with Crippen LogP contribution >= 0.6 is 11.8 Å². The maximum absolute atomic E-state index is 9.72. The van der Waals surface area contributed by atoms with E-state index in [9.17, 15) is 5.11 Å². The molecule has 2 N–H and O–H groups in total. The Bertz CT molecular complexity index is 425. The third-order valence-corrected chi connectivity index (χ3v) is 6.06. The van der Waals surface area contributed by atoms with Crippen molar-refractivity contribution < 1.29 is 5.11 Å². The van der Waals surface area contributed by atoms with Crippen molar-refractivity contribution in [1.29, 1.82) is 0 Å². The summed E-state index contributed by atoms with van der Waals surface area (Å²) in [5.74, 6) is 2.34. The average molecular weight is 308 g/mol. The Morgan fingerprint density at radius 3 is 2.62 bits per heavy atom. The lowest BCUT2D eigenvalue weighted by molar-refractivity contribution is 0.130. The van der Waals surface area contributed by atoms with Crippen LogP contribution in [0.1, 0.15) is 51.0 Å². The van der Waals surface area contributed by atoms with Gasteiger partial charge in [-0.3, -0.25) is 0 Å². The summed E-state index contributed by atoms with van der Waals surface area (Å²) in [6.07, 6.45) is 4.77. The lowest BCUT2D eigenvalue weighted by atomic mass is 9.86. The number of hydrogen-bond acceptors (Lipinski definition) is 3. The fourth-order valence-electron chi connectivity index (χ4n) is 3.45. The molecular weight excluding hydrogens is 278 g/mol. The van der Waals surface area contributed by atoms with Crippen molar-refractivity contribution in [2.45, 2.75) is 55.9 Å². The van der Waals surface area contributed by atoms with Crippen LogP contribution in [0.4, 0.5) is 0 Å². The minimum Gasteiger partial charge on any atom is -0.394 e. The van der Waals surface area contributed by atoms with Crippen molar-refractivity contribution in [2.24, 2.45) is 5.92 Å². The summed E-state index contributed by atoms with van der Waals surface area (Å²) < 4.78 is 0. The summed E-state index contributed by atoms with van der Waals surface area (Å²) in [5, 5.41) is 13.1. The van der Waals surface area contributed by atoms with Gasteiger partial charge in [-0.2, -0.15) is 0 Å². The second kappa shape index (κ2) is 7.66. The molecule has 1 saturated carbocycles. The van der Waals surface area contributed by atoms with E-state index in [0.717, 1.165) is 12.2 Å². The van der Waals surface area contributed by atoms with Gasteiger partial charge in [0.15, 0.2) is 0 Å². The van der Waals surface area contributed by atoms with Gasteiger partial charge in [0.25, 0.3) is 0 Å². The van der Waals surface area contributed by atoms with E-state index in [4.69, 9.17) is 0 Å². The molecule has 0 saturated heterocycles. The lowest BCUT2D eigenvalue weighted by Crippen LogP contribution is -2.49. The molecule has 2 rings (SSSR count). The van der Waals surface area contributed by atoms with Crippen molar-refractivity contribution in [3.05, 3.63) is 29.8 Å². The van der Waals surface area contributed by atoms with Crippen molar-refractivity contribution in [2.75, 3.05) is 19.4 Å². The van der Waals surface area contributed by atoms with Crippen molar-refractivity contribution in [1.82, 2.24) is 5.32 Å². The van der Waals surface area contributed by atoms with Crippen LogP contribution in [0.15, 0.2) is 29.2 Å². The molecule has 0 aromatic heterocycles. The number of aliphatic hydroxyl groups excluding tert-OH is 1. The molecule has 0 amide bonds. The van der Waals surface area contributed by atoms with Gasteiger partial charge >= 0.3 is 0 Å². The molecule has 2 atom stereocenters. The maximum atomic E-state index is 9.72. The van der Waals surface area contributed by atoms with Gasteiger partial charge in [-0.25, -0.2) is 0 Å². The highest BCUT2D eigenvalue weighted by Crippen LogP contribution is 2.38. The second-order valence-electron chi connectivity index (χ2n) is 6.51. The van der Waals surface area contributed by atoms with Crippen LogP contribution in [0.3, 0.4) is 0 Å². The molecule has 2 unspecified atom stereocenters. The number of hydrogen-bond donors (Lipinski definition) is 2. The van der Waals surface area contributed by atoms with E-state index in [2.05, 4.69) is 43.4 Å². The Labute approximate surface area is 133 Å². The minimum atomic E-state index is -0.0257. The standard InChI is InChI=1S/C18H29NOS/c1-14(2)15-6-8-17(9-7-15)21-12-10-16-5-4-11-18(16,13-20)19-3/h6-9,14,16,19-20H,4-5,10-13H2,1-3H3. The normalized spacial score (nSPS) is 25.7. The van der Waals surface area contributed by atoms with Crippen LogP contribution in [-0.4, -0.2) is 30.1 Å². The second-order valence-corrected chi connectivity index (χ2v) is 7.68. The summed E-state index contributed by atoms with van der Waals surface area (Å²) in [4.78, 5) is 1.36. The van der Waals surface area contributed by atoms with Crippen LogP contribution in [0.25, 0.3) is 0 Å². The van der Waals surface area contributed by atoms with Gasteiger partial charge in [-0.05, 0) is 61.6 Å². The molecule has 0 aliphatic heterocycles.